The number of nitrogens with two attached hydrogens (primary N) is 1. The second-order valence-electron chi connectivity index (χ2n) is 7.59. The van der Waals surface area contributed by atoms with Crippen molar-refractivity contribution >= 4 is 40.7 Å². The van der Waals surface area contributed by atoms with Crippen LogP contribution in [-0.4, -0.2) is 54.6 Å². The third-order valence-corrected chi connectivity index (χ3v) is 6.05. The minimum atomic E-state index is -0.517. The molecular weight excluding hydrogens is 423 g/mol. The molecule has 2 unspecified atom stereocenters. The largest absolute Gasteiger partial charge is 0.347 e. The molecule has 2 amide bonds. The van der Waals surface area contributed by atoms with Gasteiger partial charge < -0.3 is 16.0 Å². The van der Waals surface area contributed by atoms with E-state index in [2.05, 4.69) is 23.8 Å². The van der Waals surface area contributed by atoms with Gasteiger partial charge in [-0.25, -0.2) is 0 Å². The summed E-state index contributed by atoms with van der Waals surface area (Å²) in [5, 5.41) is 3.57. The first-order valence-corrected chi connectivity index (χ1v) is 10.9. The molecule has 164 valence electrons. The van der Waals surface area contributed by atoms with Gasteiger partial charge in [0.25, 0.3) is 5.91 Å². The van der Waals surface area contributed by atoms with Crippen molar-refractivity contribution in [3.8, 4) is 0 Å². The van der Waals surface area contributed by atoms with Gasteiger partial charge in [0.15, 0.2) is 0 Å². The van der Waals surface area contributed by atoms with Gasteiger partial charge in [0.1, 0.15) is 6.04 Å². The van der Waals surface area contributed by atoms with E-state index in [9.17, 15) is 9.59 Å². The van der Waals surface area contributed by atoms with Crippen molar-refractivity contribution in [2.24, 2.45) is 16.6 Å². The molecule has 1 aliphatic heterocycles. The monoisotopic (exact) mass is 452 g/mol. The molecule has 0 bridgehead atoms. The quantitative estimate of drug-likeness (QED) is 0.559. The molecule has 0 spiro atoms. The first-order chi connectivity index (χ1) is 14.3. The molecule has 8 heteroatoms. The Morgan fingerprint density at radius 1 is 1.40 bits per heavy atom. The van der Waals surface area contributed by atoms with Crippen LogP contribution in [-0.2, 0) is 4.79 Å². The highest BCUT2D eigenvalue weighted by Crippen LogP contribution is 2.22. The van der Waals surface area contributed by atoms with Crippen molar-refractivity contribution in [1.29, 1.82) is 0 Å². The summed E-state index contributed by atoms with van der Waals surface area (Å²) < 4.78 is 0. The van der Waals surface area contributed by atoms with Gasteiger partial charge in [0.05, 0.1) is 16.6 Å². The molecule has 0 fully saturated rings. The summed E-state index contributed by atoms with van der Waals surface area (Å²) in [5.74, 6) is -0.0262. The van der Waals surface area contributed by atoms with E-state index in [1.54, 1.807) is 12.1 Å². The lowest BCUT2D eigenvalue weighted by Crippen LogP contribution is -2.41. The molecule has 0 aromatic heterocycles. The molecule has 0 aliphatic carbocycles. The normalized spacial score (nSPS) is 17.9. The van der Waals surface area contributed by atoms with Crippen LogP contribution in [0.3, 0.4) is 0 Å². The maximum absolute atomic E-state index is 13.0. The molecule has 2 rings (SSSR count). The van der Waals surface area contributed by atoms with Gasteiger partial charge in [0.2, 0.25) is 5.91 Å². The molecule has 3 N–H and O–H groups in total. The van der Waals surface area contributed by atoms with Gasteiger partial charge in [0, 0.05) is 30.8 Å². The first-order valence-electron chi connectivity index (χ1n) is 10.2. The summed E-state index contributed by atoms with van der Waals surface area (Å²) >= 11 is 11.9. The molecule has 1 aromatic rings. The Morgan fingerprint density at radius 3 is 2.73 bits per heavy atom. The van der Waals surface area contributed by atoms with E-state index in [-0.39, 0.29) is 24.3 Å². The lowest BCUT2D eigenvalue weighted by atomic mass is 9.98. The topological polar surface area (TPSA) is 87.8 Å². The minimum Gasteiger partial charge on any atom is -0.347 e. The van der Waals surface area contributed by atoms with Crippen molar-refractivity contribution in [3.05, 3.63) is 46.0 Å². The summed E-state index contributed by atoms with van der Waals surface area (Å²) in [6.07, 6.45) is 2.00. The fraction of sp³-hybridized carbons (Fsp3) is 0.500. The number of halogens is 2. The van der Waals surface area contributed by atoms with Crippen LogP contribution in [0, 0.1) is 5.92 Å². The fourth-order valence-corrected chi connectivity index (χ4v) is 3.71. The zero-order chi connectivity index (χ0) is 22.3. The Kier molecular flexibility index (Phi) is 9.34. The number of nitrogens with zero attached hydrogens (tertiary/aromatic N) is 2. The fourth-order valence-electron chi connectivity index (χ4n) is 3.41. The van der Waals surface area contributed by atoms with E-state index in [0.29, 0.717) is 48.1 Å². The Bertz CT molecular complexity index is 825. The number of benzene rings is 1. The van der Waals surface area contributed by atoms with Gasteiger partial charge in [-0.1, -0.05) is 42.3 Å². The van der Waals surface area contributed by atoms with Crippen LogP contribution in [0.4, 0.5) is 0 Å². The van der Waals surface area contributed by atoms with Crippen molar-refractivity contribution < 1.29 is 9.59 Å². The number of hydrogen-bond acceptors (Lipinski definition) is 4. The molecule has 2 atom stereocenters. The standard InChI is InChI=1S/C22H30Cl2N4O2/c1-4-15(14(2)3)13-28-10-8-17(27-20(7-9-25)22(28)30)12-26-21(29)16-5-6-18(23)19(24)11-16/h5-6,11,15,20H,2,4,7-10,12-13,25H2,1,3H3,(H,26,29). The van der Waals surface area contributed by atoms with Crippen LogP contribution in [0.15, 0.2) is 35.3 Å². The van der Waals surface area contributed by atoms with Crippen molar-refractivity contribution in [2.45, 2.75) is 39.2 Å². The molecule has 0 saturated carbocycles. The van der Waals surface area contributed by atoms with E-state index in [0.717, 1.165) is 17.7 Å². The van der Waals surface area contributed by atoms with Gasteiger partial charge in [-0.05, 0) is 50.4 Å². The number of aliphatic imine (C=N–C) groups is 1. The van der Waals surface area contributed by atoms with Gasteiger partial charge in [-0.3, -0.25) is 14.6 Å². The molecular formula is C22H30Cl2N4O2. The Hall–Kier alpha value is -1.89. The van der Waals surface area contributed by atoms with Gasteiger partial charge in [-0.2, -0.15) is 0 Å². The second-order valence-corrected chi connectivity index (χ2v) is 8.40. The predicted octanol–water partition coefficient (Wildman–Crippen LogP) is 3.72. The van der Waals surface area contributed by atoms with Crippen LogP contribution in [0.1, 0.15) is 43.5 Å². The van der Waals surface area contributed by atoms with Crippen molar-refractivity contribution in [3.63, 3.8) is 0 Å². The third kappa shape index (κ3) is 6.56. The number of amides is 2. The molecule has 0 radical (unpaired) electrons. The van der Waals surface area contributed by atoms with Crippen LogP contribution in [0.5, 0.6) is 0 Å². The van der Waals surface area contributed by atoms with Crippen LogP contribution >= 0.6 is 23.2 Å². The number of carbonyl (C=O) groups is 2. The summed E-state index contributed by atoms with van der Waals surface area (Å²) in [6, 6.07) is 4.21. The zero-order valence-electron chi connectivity index (χ0n) is 17.6. The molecule has 1 heterocycles. The van der Waals surface area contributed by atoms with Crippen LogP contribution in [0.2, 0.25) is 10.0 Å². The minimum absolute atomic E-state index is 0.00837. The second kappa shape index (κ2) is 11.5. The smallest absolute Gasteiger partial charge is 0.251 e. The Morgan fingerprint density at radius 2 is 2.13 bits per heavy atom. The predicted molar refractivity (Wildman–Crippen MR) is 123 cm³/mol. The average molecular weight is 453 g/mol. The lowest BCUT2D eigenvalue weighted by molar-refractivity contribution is -0.132. The molecule has 0 saturated heterocycles. The van der Waals surface area contributed by atoms with Gasteiger partial charge >= 0.3 is 0 Å². The summed E-state index contributed by atoms with van der Waals surface area (Å²) in [5.41, 5.74) is 7.98. The summed E-state index contributed by atoms with van der Waals surface area (Å²) in [7, 11) is 0. The summed E-state index contributed by atoms with van der Waals surface area (Å²) in [6.45, 7) is 9.96. The molecule has 30 heavy (non-hydrogen) atoms. The highest BCUT2D eigenvalue weighted by molar-refractivity contribution is 6.42. The van der Waals surface area contributed by atoms with E-state index >= 15 is 0 Å². The van der Waals surface area contributed by atoms with E-state index < -0.39 is 6.04 Å². The summed E-state index contributed by atoms with van der Waals surface area (Å²) in [4.78, 5) is 32.0. The molecule has 6 nitrogen and oxygen atoms in total. The number of carbonyl (C=O) groups excluding carboxylic acids is 2. The number of nitrogens with one attached hydrogen (secondary N) is 1. The van der Waals surface area contributed by atoms with Crippen molar-refractivity contribution in [1.82, 2.24) is 10.2 Å². The van der Waals surface area contributed by atoms with E-state index in [1.807, 2.05) is 11.8 Å². The maximum atomic E-state index is 13.0. The maximum Gasteiger partial charge on any atom is 0.251 e. The Balaban J connectivity index is 2.08. The first kappa shape index (κ1) is 24.4. The highest BCUT2D eigenvalue weighted by atomic mass is 35.5. The Labute approximate surface area is 188 Å². The van der Waals surface area contributed by atoms with Crippen LogP contribution < -0.4 is 11.1 Å². The molecule has 1 aromatic carbocycles. The third-order valence-electron chi connectivity index (χ3n) is 5.31. The van der Waals surface area contributed by atoms with Crippen molar-refractivity contribution in [2.75, 3.05) is 26.2 Å². The number of rotatable bonds is 9. The molecule has 1 aliphatic rings. The SMILES string of the molecule is C=C(C)C(CC)CN1CCC(CNC(=O)c2ccc(Cl)c(Cl)c2)=NC(CCN)C1=O. The van der Waals surface area contributed by atoms with Gasteiger partial charge in [-0.15, -0.1) is 0 Å². The van der Waals surface area contributed by atoms with E-state index in [1.165, 1.54) is 6.07 Å². The number of hydrogen-bond donors (Lipinski definition) is 2. The van der Waals surface area contributed by atoms with E-state index in [4.69, 9.17) is 28.9 Å². The zero-order valence-corrected chi connectivity index (χ0v) is 19.1. The average Bonchev–Trinajstić information content (AvgIpc) is 2.85. The lowest BCUT2D eigenvalue weighted by Gasteiger charge is -2.28. The van der Waals surface area contributed by atoms with Crippen LogP contribution in [0.25, 0.3) is 0 Å². The highest BCUT2D eigenvalue weighted by Gasteiger charge is 2.28.